The van der Waals surface area contributed by atoms with Crippen molar-refractivity contribution in [2.45, 2.75) is 13.3 Å². The van der Waals surface area contributed by atoms with Gasteiger partial charge in [0, 0.05) is 47.6 Å². The van der Waals surface area contributed by atoms with E-state index in [4.69, 9.17) is 9.29 Å². The molecule has 0 aliphatic heterocycles. The van der Waals surface area contributed by atoms with E-state index >= 15 is 0 Å². The Hall–Kier alpha value is -5.40. The summed E-state index contributed by atoms with van der Waals surface area (Å²) < 4.78 is 48.7. The fraction of sp³-hybridized carbons (Fsp3) is 0.125. The Balaban J connectivity index is 0.000000743. The summed E-state index contributed by atoms with van der Waals surface area (Å²) in [4.78, 5) is 26.3. The fourth-order valence-corrected chi connectivity index (χ4v) is 4.72. The standard InChI is InChI=1S/C31H24FN5O3.CH4O3S/c1-19-3-12-26(31(39)37(19)24-8-6-23(32)7-9-24)29(38)13-20-4-10-25(11-5-20)40-30-14-21-18-35-36(2)28(21)15-27(30)22-16-33-34-17-22;1-5(2,3)4/h3-12,14-18H,13H2,1-2H3,(H,33,34);1H3,(H,2,3,4). The predicted molar refractivity (Wildman–Crippen MR) is 167 cm³/mol. The van der Waals surface area contributed by atoms with Gasteiger partial charge in [-0.2, -0.15) is 18.6 Å². The van der Waals surface area contributed by atoms with Crippen molar-refractivity contribution in [3.05, 3.63) is 124 Å². The first-order valence-electron chi connectivity index (χ1n) is 13.5. The van der Waals surface area contributed by atoms with Crippen LogP contribution in [0.5, 0.6) is 11.5 Å². The van der Waals surface area contributed by atoms with E-state index in [1.807, 2.05) is 19.2 Å². The molecule has 0 atom stereocenters. The molecule has 6 rings (SSSR count). The molecule has 230 valence electrons. The average molecular weight is 630 g/mol. The summed E-state index contributed by atoms with van der Waals surface area (Å²) in [6.07, 6.45) is 6.07. The molecule has 0 bridgehead atoms. The number of aryl methyl sites for hydroxylation is 2. The highest BCUT2D eigenvalue weighted by Crippen LogP contribution is 2.36. The van der Waals surface area contributed by atoms with Crippen molar-refractivity contribution in [3.63, 3.8) is 0 Å². The molecule has 0 radical (unpaired) electrons. The van der Waals surface area contributed by atoms with Gasteiger partial charge in [0.05, 0.1) is 29.7 Å². The number of ether oxygens (including phenoxy) is 1. The Morgan fingerprint density at radius 2 is 1.71 bits per heavy atom. The van der Waals surface area contributed by atoms with Gasteiger partial charge in [-0.25, -0.2) is 4.39 Å². The van der Waals surface area contributed by atoms with E-state index in [1.54, 1.807) is 66.6 Å². The van der Waals surface area contributed by atoms with Crippen molar-refractivity contribution in [2.24, 2.45) is 7.05 Å². The molecule has 0 spiro atoms. The number of nitrogens with one attached hydrogen (secondary N) is 1. The number of carbonyl (C=O) groups is 1. The fourth-order valence-electron chi connectivity index (χ4n) is 4.72. The van der Waals surface area contributed by atoms with E-state index in [0.29, 0.717) is 29.1 Å². The van der Waals surface area contributed by atoms with Gasteiger partial charge >= 0.3 is 0 Å². The van der Waals surface area contributed by atoms with Crippen molar-refractivity contribution < 1.29 is 26.9 Å². The largest absolute Gasteiger partial charge is 0.457 e. The SMILES string of the molecule is CS(=O)(=O)O.Cc1ccc(C(=O)Cc2ccc(Oc3cc4cnn(C)c4cc3-c3cn[nH]c3)cc2)c(=O)n1-c1ccc(F)cc1. The van der Waals surface area contributed by atoms with Crippen molar-refractivity contribution in [1.82, 2.24) is 24.5 Å². The third-order valence-electron chi connectivity index (χ3n) is 6.84. The summed E-state index contributed by atoms with van der Waals surface area (Å²) >= 11 is 0. The molecule has 3 heterocycles. The predicted octanol–water partition coefficient (Wildman–Crippen LogP) is 5.28. The second-order valence-corrected chi connectivity index (χ2v) is 11.7. The molecule has 3 aromatic carbocycles. The van der Waals surface area contributed by atoms with Gasteiger partial charge in [0.1, 0.15) is 17.3 Å². The van der Waals surface area contributed by atoms with E-state index in [0.717, 1.165) is 27.6 Å². The van der Waals surface area contributed by atoms with Gasteiger partial charge in [0.25, 0.3) is 15.7 Å². The minimum atomic E-state index is -3.67. The Labute approximate surface area is 257 Å². The van der Waals surface area contributed by atoms with Gasteiger partial charge in [-0.1, -0.05) is 12.1 Å². The number of benzene rings is 3. The third-order valence-corrected chi connectivity index (χ3v) is 6.84. The van der Waals surface area contributed by atoms with E-state index in [1.165, 1.54) is 28.8 Å². The van der Waals surface area contributed by atoms with Crippen LogP contribution in [0.3, 0.4) is 0 Å². The van der Waals surface area contributed by atoms with Crippen LogP contribution in [0.4, 0.5) is 4.39 Å². The maximum atomic E-state index is 13.4. The maximum absolute atomic E-state index is 13.4. The van der Waals surface area contributed by atoms with E-state index in [-0.39, 0.29) is 17.8 Å². The van der Waals surface area contributed by atoms with Crippen molar-refractivity contribution >= 4 is 26.8 Å². The molecule has 13 heteroatoms. The molecule has 2 N–H and O–H groups in total. The van der Waals surface area contributed by atoms with Crippen LogP contribution >= 0.6 is 0 Å². The number of carbonyl (C=O) groups excluding carboxylic acids is 1. The van der Waals surface area contributed by atoms with Crippen LogP contribution in [0.1, 0.15) is 21.6 Å². The molecule has 0 aliphatic rings. The van der Waals surface area contributed by atoms with E-state index in [9.17, 15) is 22.4 Å². The molecule has 0 fully saturated rings. The highest BCUT2D eigenvalue weighted by atomic mass is 32.2. The lowest BCUT2D eigenvalue weighted by molar-refractivity contribution is 0.0991. The van der Waals surface area contributed by atoms with Crippen molar-refractivity contribution in [3.8, 4) is 28.3 Å². The summed E-state index contributed by atoms with van der Waals surface area (Å²) in [6, 6.07) is 20.0. The average Bonchev–Trinajstić information content (AvgIpc) is 3.64. The van der Waals surface area contributed by atoms with Crippen molar-refractivity contribution in [1.29, 1.82) is 0 Å². The number of H-pyrrole nitrogens is 1. The number of rotatable bonds is 7. The number of hydrogen-bond donors (Lipinski definition) is 2. The van der Waals surface area contributed by atoms with E-state index in [2.05, 4.69) is 15.3 Å². The number of aromatic amines is 1. The first-order chi connectivity index (χ1) is 21.4. The number of aromatic nitrogens is 5. The van der Waals surface area contributed by atoms with Gasteiger partial charge in [0.15, 0.2) is 5.78 Å². The first kappa shape index (κ1) is 31.0. The van der Waals surface area contributed by atoms with Crippen LogP contribution in [-0.2, 0) is 23.6 Å². The van der Waals surface area contributed by atoms with E-state index < -0.39 is 21.5 Å². The van der Waals surface area contributed by atoms with Crippen molar-refractivity contribution in [2.75, 3.05) is 6.26 Å². The van der Waals surface area contributed by atoms with Crippen LogP contribution in [0.15, 0.2) is 96.2 Å². The minimum absolute atomic E-state index is 0.0455. The van der Waals surface area contributed by atoms with Gasteiger partial charge in [-0.3, -0.25) is 28.5 Å². The third kappa shape index (κ3) is 7.40. The second-order valence-electron chi connectivity index (χ2n) is 10.2. The number of fused-ring (bicyclic) bond motifs is 1. The number of nitrogens with zero attached hydrogens (tertiary/aromatic N) is 4. The number of ketones is 1. The summed E-state index contributed by atoms with van der Waals surface area (Å²) in [7, 11) is -1.78. The van der Waals surface area contributed by atoms with Crippen LogP contribution in [-0.4, -0.2) is 49.6 Å². The molecule has 0 unspecified atom stereocenters. The zero-order valence-electron chi connectivity index (χ0n) is 24.4. The van der Waals surface area contributed by atoms with Gasteiger partial charge in [-0.15, -0.1) is 0 Å². The number of Topliss-reactive ketones (excluding diaryl/α,β-unsaturated/α-hetero) is 1. The molecule has 45 heavy (non-hydrogen) atoms. The quantitative estimate of drug-likeness (QED) is 0.179. The lowest BCUT2D eigenvalue weighted by atomic mass is 10.0. The van der Waals surface area contributed by atoms with Gasteiger partial charge in [-0.05, 0) is 73.2 Å². The Bertz CT molecular complexity index is 2150. The highest BCUT2D eigenvalue weighted by Gasteiger charge is 2.17. The summed E-state index contributed by atoms with van der Waals surface area (Å²) in [6.45, 7) is 1.77. The van der Waals surface area contributed by atoms with Crippen LogP contribution in [0, 0.1) is 12.7 Å². The summed E-state index contributed by atoms with van der Waals surface area (Å²) in [5, 5.41) is 12.2. The molecule has 0 saturated heterocycles. The van der Waals surface area contributed by atoms with Gasteiger partial charge in [0.2, 0.25) is 0 Å². The first-order valence-corrected chi connectivity index (χ1v) is 15.4. The molecule has 0 amide bonds. The molecular formula is C32H28FN5O6S. The van der Waals surface area contributed by atoms with Crippen LogP contribution in [0.2, 0.25) is 0 Å². The lowest BCUT2D eigenvalue weighted by Crippen LogP contribution is -2.27. The Morgan fingerprint density at radius 1 is 1.02 bits per heavy atom. The molecular weight excluding hydrogens is 601 g/mol. The minimum Gasteiger partial charge on any atom is -0.457 e. The maximum Gasteiger partial charge on any atom is 0.266 e. The van der Waals surface area contributed by atoms with Gasteiger partial charge < -0.3 is 4.74 Å². The second kappa shape index (κ2) is 12.7. The molecule has 3 aromatic heterocycles. The summed E-state index contributed by atoms with van der Waals surface area (Å²) in [5.74, 6) is 0.535. The normalized spacial score (nSPS) is 11.2. The number of pyridine rings is 1. The Kier molecular flexibility index (Phi) is 8.75. The van der Waals surface area contributed by atoms with Crippen LogP contribution < -0.4 is 10.3 Å². The molecule has 11 nitrogen and oxygen atoms in total. The topological polar surface area (TPSA) is 149 Å². The van der Waals surface area contributed by atoms with Crippen LogP contribution in [0.25, 0.3) is 27.7 Å². The lowest BCUT2D eigenvalue weighted by Gasteiger charge is -2.13. The zero-order valence-corrected chi connectivity index (χ0v) is 25.2. The molecule has 0 saturated carbocycles. The Morgan fingerprint density at radius 3 is 2.36 bits per heavy atom. The zero-order chi connectivity index (χ0) is 32.3. The number of halogens is 1. The summed E-state index contributed by atoms with van der Waals surface area (Å²) in [5.41, 5.74) is 4.23. The molecule has 0 aliphatic carbocycles. The highest BCUT2D eigenvalue weighted by molar-refractivity contribution is 7.85. The smallest absolute Gasteiger partial charge is 0.266 e. The molecule has 6 aromatic rings. The monoisotopic (exact) mass is 629 g/mol. The number of hydrogen-bond acceptors (Lipinski definition) is 7.